The number of carbonyl (C=O) groups excluding carboxylic acids is 1. The van der Waals surface area contributed by atoms with Crippen molar-refractivity contribution in [3.05, 3.63) is 54.4 Å². The molecule has 3 heterocycles. The third-order valence-electron chi connectivity index (χ3n) is 5.68. The minimum absolute atomic E-state index is 0.0669. The standard InChI is InChI=1S/C25H32N8O/c1-4-10-18(3)23(34)29-21-20-22(32(16-5-2)25(28-20)33-17-9-14-27-33)31-24(30-21)26-15-13-19-11-7-6-8-12-19/h6-9,11-12,14,17-18H,4-5,10,13,15-16H2,1-3H3,(H2,26,29,30,31,34). The molecule has 0 aliphatic rings. The Balaban J connectivity index is 1.71. The van der Waals surface area contributed by atoms with Gasteiger partial charge in [0.05, 0.1) is 0 Å². The molecule has 2 N–H and O–H groups in total. The van der Waals surface area contributed by atoms with Gasteiger partial charge in [0.15, 0.2) is 17.0 Å². The Morgan fingerprint density at radius 3 is 2.59 bits per heavy atom. The van der Waals surface area contributed by atoms with Gasteiger partial charge < -0.3 is 10.6 Å². The maximum Gasteiger partial charge on any atom is 0.233 e. The molecule has 1 unspecified atom stereocenters. The van der Waals surface area contributed by atoms with Crippen LogP contribution in [0.5, 0.6) is 0 Å². The van der Waals surface area contributed by atoms with E-state index in [-0.39, 0.29) is 11.8 Å². The summed E-state index contributed by atoms with van der Waals surface area (Å²) in [5, 5.41) is 10.7. The molecule has 9 heteroatoms. The van der Waals surface area contributed by atoms with Gasteiger partial charge in [-0.25, -0.2) is 9.67 Å². The maximum atomic E-state index is 12.9. The SMILES string of the molecule is CCCC(C)C(=O)Nc1nc(NCCc2ccccc2)nc2c1nc(-n1cccn1)n2CCC. The zero-order valence-corrected chi connectivity index (χ0v) is 20.0. The van der Waals surface area contributed by atoms with Gasteiger partial charge in [-0.3, -0.25) is 9.36 Å². The number of benzene rings is 1. The van der Waals surface area contributed by atoms with E-state index in [9.17, 15) is 4.79 Å². The summed E-state index contributed by atoms with van der Waals surface area (Å²) < 4.78 is 3.74. The number of nitrogens with one attached hydrogen (secondary N) is 2. The lowest BCUT2D eigenvalue weighted by Crippen LogP contribution is -2.21. The highest BCUT2D eigenvalue weighted by molar-refractivity contribution is 5.98. The van der Waals surface area contributed by atoms with Gasteiger partial charge in [0.2, 0.25) is 17.8 Å². The van der Waals surface area contributed by atoms with E-state index in [1.807, 2.05) is 42.0 Å². The number of aryl methyl sites for hydroxylation is 1. The van der Waals surface area contributed by atoms with E-state index < -0.39 is 0 Å². The molecule has 3 aromatic heterocycles. The molecule has 4 aromatic rings. The number of anilines is 2. The largest absolute Gasteiger partial charge is 0.354 e. The second-order valence-electron chi connectivity index (χ2n) is 8.42. The number of nitrogens with zero attached hydrogens (tertiary/aromatic N) is 6. The first-order chi connectivity index (χ1) is 16.6. The number of hydrogen-bond donors (Lipinski definition) is 2. The molecule has 0 radical (unpaired) electrons. The van der Waals surface area contributed by atoms with Crippen molar-refractivity contribution in [2.45, 2.75) is 53.0 Å². The van der Waals surface area contributed by atoms with Crippen molar-refractivity contribution >= 4 is 28.8 Å². The van der Waals surface area contributed by atoms with Gasteiger partial charge in [-0.2, -0.15) is 15.1 Å². The number of carbonyl (C=O) groups is 1. The molecule has 4 rings (SSSR count). The van der Waals surface area contributed by atoms with Crippen LogP contribution in [-0.2, 0) is 17.8 Å². The van der Waals surface area contributed by atoms with Gasteiger partial charge in [0, 0.05) is 31.4 Å². The lowest BCUT2D eigenvalue weighted by molar-refractivity contribution is -0.119. The van der Waals surface area contributed by atoms with Crippen molar-refractivity contribution in [1.82, 2.24) is 29.3 Å². The number of rotatable bonds is 11. The Morgan fingerprint density at radius 1 is 1.06 bits per heavy atom. The van der Waals surface area contributed by atoms with E-state index in [1.54, 1.807) is 10.9 Å². The maximum absolute atomic E-state index is 12.9. The predicted molar refractivity (Wildman–Crippen MR) is 134 cm³/mol. The van der Waals surface area contributed by atoms with Crippen molar-refractivity contribution in [2.24, 2.45) is 5.92 Å². The minimum Gasteiger partial charge on any atom is -0.354 e. The third-order valence-corrected chi connectivity index (χ3v) is 5.68. The Hall–Kier alpha value is -3.75. The Morgan fingerprint density at radius 2 is 1.88 bits per heavy atom. The van der Waals surface area contributed by atoms with Crippen molar-refractivity contribution in [3.8, 4) is 5.95 Å². The Kier molecular flexibility index (Phi) is 7.51. The summed E-state index contributed by atoms with van der Waals surface area (Å²) in [7, 11) is 0. The van der Waals surface area contributed by atoms with Gasteiger partial charge in [-0.15, -0.1) is 0 Å². The molecule has 0 saturated carbocycles. The molecule has 0 fully saturated rings. The molecule has 0 aliphatic heterocycles. The first-order valence-electron chi connectivity index (χ1n) is 12.0. The van der Waals surface area contributed by atoms with Crippen molar-refractivity contribution in [1.29, 1.82) is 0 Å². The second kappa shape index (κ2) is 10.9. The smallest absolute Gasteiger partial charge is 0.233 e. The van der Waals surface area contributed by atoms with Crippen LogP contribution >= 0.6 is 0 Å². The van der Waals surface area contributed by atoms with Crippen molar-refractivity contribution in [2.75, 3.05) is 17.2 Å². The van der Waals surface area contributed by atoms with Crippen LogP contribution in [0.4, 0.5) is 11.8 Å². The van der Waals surface area contributed by atoms with E-state index in [1.165, 1.54) is 5.56 Å². The molecular formula is C25H32N8O. The molecule has 9 nitrogen and oxygen atoms in total. The first-order valence-corrected chi connectivity index (χ1v) is 12.0. The summed E-state index contributed by atoms with van der Waals surface area (Å²) >= 11 is 0. The molecule has 178 valence electrons. The highest BCUT2D eigenvalue weighted by Crippen LogP contribution is 2.26. The van der Waals surface area contributed by atoms with Crippen LogP contribution in [0, 0.1) is 5.92 Å². The van der Waals surface area contributed by atoms with Gasteiger partial charge in [-0.1, -0.05) is 57.5 Å². The number of imidazole rings is 1. The number of amides is 1. The van der Waals surface area contributed by atoms with Crippen molar-refractivity contribution in [3.63, 3.8) is 0 Å². The third kappa shape index (κ3) is 5.24. The number of aromatic nitrogens is 6. The van der Waals surface area contributed by atoms with Crippen LogP contribution in [0.1, 0.15) is 45.6 Å². The predicted octanol–water partition coefficient (Wildman–Crippen LogP) is 4.45. The van der Waals surface area contributed by atoms with Crippen LogP contribution in [0.3, 0.4) is 0 Å². The number of hydrogen-bond acceptors (Lipinski definition) is 6. The zero-order chi connectivity index (χ0) is 23.9. The topological polar surface area (TPSA) is 103 Å². The van der Waals surface area contributed by atoms with Gasteiger partial charge in [0.25, 0.3) is 0 Å². The summed E-state index contributed by atoms with van der Waals surface area (Å²) in [6, 6.07) is 12.1. The highest BCUT2D eigenvalue weighted by atomic mass is 16.1. The fraction of sp³-hybridized carbons (Fsp3) is 0.400. The molecule has 1 aromatic carbocycles. The van der Waals surface area contributed by atoms with E-state index >= 15 is 0 Å². The molecule has 0 saturated heterocycles. The average Bonchev–Trinajstić information content (AvgIpc) is 3.49. The quantitative estimate of drug-likeness (QED) is 0.343. The van der Waals surface area contributed by atoms with E-state index in [0.717, 1.165) is 25.7 Å². The lowest BCUT2D eigenvalue weighted by atomic mass is 10.1. The summed E-state index contributed by atoms with van der Waals surface area (Å²) in [5.74, 6) is 1.35. The molecule has 34 heavy (non-hydrogen) atoms. The molecule has 1 atom stereocenters. The molecular weight excluding hydrogens is 428 g/mol. The fourth-order valence-electron chi connectivity index (χ4n) is 3.91. The van der Waals surface area contributed by atoms with Gasteiger partial charge in [0.1, 0.15) is 0 Å². The van der Waals surface area contributed by atoms with Crippen molar-refractivity contribution < 1.29 is 4.79 Å². The molecule has 0 aliphatic carbocycles. The monoisotopic (exact) mass is 460 g/mol. The van der Waals surface area contributed by atoms with E-state index in [2.05, 4.69) is 46.7 Å². The first kappa shape index (κ1) is 23.4. The minimum atomic E-state index is -0.118. The Bertz CT molecular complexity index is 1220. The average molecular weight is 461 g/mol. The number of fused-ring (bicyclic) bond motifs is 1. The summed E-state index contributed by atoms with van der Waals surface area (Å²) in [6.45, 7) is 7.49. The van der Waals surface area contributed by atoms with Crippen LogP contribution in [0.15, 0.2) is 48.8 Å². The fourth-order valence-corrected chi connectivity index (χ4v) is 3.91. The second-order valence-corrected chi connectivity index (χ2v) is 8.42. The summed E-state index contributed by atoms with van der Waals surface area (Å²) in [5.41, 5.74) is 2.46. The lowest BCUT2D eigenvalue weighted by Gasteiger charge is -2.13. The molecule has 0 bridgehead atoms. The highest BCUT2D eigenvalue weighted by Gasteiger charge is 2.22. The van der Waals surface area contributed by atoms with Crippen LogP contribution in [0.25, 0.3) is 17.1 Å². The Labute approximate surface area is 199 Å². The zero-order valence-electron chi connectivity index (χ0n) is 20.0. The van der Waals surface area contributed by atoms with E-state index in [4.69, 9.17) is 9.97 Å². The van der Waals surface area contributed by atoms with Crippen LogP contribution < -0.4 is 10.6 Å². The molecule has 0 spiro atoms. The van der Waals surface area contributed by atoms with Crippen LogP contribution in [0.2, 0.25) is 0 Å². The molecule has 1 amide bonds. The van der Waals surface area contributed by atoms with Crippen LogP contribution in [-0.4, -0.2) is 41.8 Å². The van der Waals surface area contributed by atoms with Gasteiger partial charge >= 0.3 is 0 Å². The normalized spacial score (nSPS) is 12.1. The summed E-state index contributed by atoms with van der Waals surface area (Å²) in [6.07, 6.45) is 7.05. The summed E-state index contributed by atoms with van der Waals surface area (Å²) in [4.78, 5) is 27.1. The van der Waals surface area contributed by atoms with E-state index in [0.29, 0.717) is 42.0 Å². The van der Waals surface area contributed by atoms with Gasteiger partial charge in [-0.05, 0) is 30.9 Å².